The van der Waals surface area contributed by atoms with Gasteiger partial charge < -0.3 is 29.7 Å². The number of carbonyl (C=O) groups is 4. The molecular weight excluding hydrogens is 608 g/mol. The zero-order valence-corrected chi connectivity index (χ0v) is 26.8. The second-order valence-corrected chi connectivity index (χ2v) is 13.5. The van der Waals surface area contributed by atoms with Gasteiger partial charge in [0, 0.05) is 17.9 Å². The Labute approximate surface area is 263 Å². The highest BCUT2D eigenvalue weighted by atomic mass is 32.2. The lowest BCUT2D eigenvalue weighted by molar-refractivity contribution is -0.163. The Morgan fingerprint density at radius 3 is 2.50 bits per heavy atom. The summed E-state index contributed by atoms with van der Waals surface area (Å²) in [5.41, 5.74) is 1.31. The summed E-state index contributed by atoms with van der Waals surface area (Å²) in [7, 11) is 0. The number of ketones is 1. The number of benzene rings is 1. The van der Waals surface area contributed by atoms with E-state index in [0.717, 1.165) is 23.5 Å². The van der Waals surface area contributed by atoms with Crippen LogP contribution in [0.3, 0.4) is 0 Å². The third kappa shape index (κ3) is 4.34. The van der Waals surface area contributed by atoms with Crippen LogP contribution in [0.5, 0.6) is 5.75 Å². The number of thioether (sulfide) groups is 2. The van der Waals surface area contributed by atoms with Crippen molar-refractivity contribution in [1.82, 2.24) is 4.90 Å². The number of Topliss-reactive ketones (excluding diaryl/α,β-unsaturated/α-hetero) is 1. The molecule has 11 nitrogen and oxygen atoms in total. The van der Waals surface area contributed by atoms with E-state index in [4.69, 9.17) is 9.47 Å². The number of aliphatic hydroxyl groups is 2. The molecule has 4 aliphatic rings. The van der Waals surface area contributed by atoms with E-state index in [2.05, 4.69) is 0 Å². The smallest absolute Gasteiger partial charge is 0.311 e. The van der Waals surface area contributed by atoms with Crippen molar-refractivity contribution in [2.24, 2.45) is 11.8 Å². The van der Waals surface area contributed by atoms with Crippen molar-refractivity contribution < 1.29 is 44.0 Å². The van der Waals surface area contributed by atoms with Crippen LogP contribution in [0.15, 0.2) is 54.0 Å². The van der Waals surface area contributed by atoms with Crippen LogP contribution >= 0.6 is 23.5 Å². The van der Waals surface area contributed by atoms with Crippen LogP contribution in [0, 0.1) is 11.8 Å². The predicted molar refractivity (Wildman–Crippen MR) is 165 cm³/mol. The number of nitrogens with zero attached hydrogens (tertiary/aromatic N) is 2. The first-order chi connectivity index (χ1) is 20.8. The molecular formula is C31H36N2O9S2. The van der Waals surface area contributed by atoms with E-state index in [0.29, 0.717) is 11.1 Å². The molecule has 3 N–H and O–H groups in total. The molecule has 0 aromatic heterocycles. The van der Waals surface area contributed by atoms with E-state index in [1.807, 2.05) is 0 Å². The number of rotatable bonds is 8. The lowest BCUT2D eigenvalue weighted by Crippen LogP contribution is -2.75. The molecule has 0 saturated carbocycles. The summed E-state index contributed by atoms with van der Waals surface area (Å²) in [5.74, 6) is -4.42. The first kappa shape index (κ1) is 32.1. The minimum absolute atomic E-state index is 0.0332. The molecule has 236 valence electrons. The number of para-hydroxylation sites is 1. The number of phenols is 1. The van der Waals surface area contributed by atoms with Crippen LogP contribution in [0.2, 0.25) is 0 Å². The van der Waals surface area contributed by atoms with E-state index >= 15 is 0 Å². The van der Waals surface area contributed by atoms with Crippen molar-refractivity contribution in [1.29, 1.82) is 0 Å². The third-order valence-corrected chi connectivity index (χ3v) is 11.6. The molecule has 1 aromatic carbocycles. The number of aromatic hydroxyl groups is 1. The Kier molecular flexibility index (Phi) is 8.47. The third-order valence-electron chi connectivity index (χ3n) is 9.23. The Bertz CT molecular complexity index is 1510. The second kappa shape index (κ2) is 11.6. The molecule has 4 heterocycles. The van der Waals surface area contributed by atoms with E-state index in [9.17, 15) is 34.5 Å². The number of piperazine rings is 1. The van der Waals surface area contributed by atoms with Gasteiger partial charge in [0.1, 0.15) is 18.0 Å². The van der Waals surface area contributed by atoms with Gasteiger partial charge in [0.05, 0.1) is 36.3 Å². The van der Waals surface area contributed by atoms with Gasteiger partial charge in [-0.2, -0.15) is 0 Å². The van der Waals surface area contributed by atoms with Crippen molar-refractivity contribution in [2.75, 3.05) is 17.4 Å². The summed E-state index contributed by atoms with van der Waals surface area (Å²) in [6.45, 7) is 6.36. The molecule has 2 fully saturated rings. The Morgan fingerprint density at radius 1 is 1.16 bits per heavy atom. The highest BCUT2D eigenvalue weighted by molar-refractivity contribution is 8.01. The number of hydrogen-bond donors (Lipinski definition) is 3. The van der Waals surface area contributed by atoms with Gasteiger partial charge in [-0.25, -0.2) is 0 Å². The summed E-state index contributed by atoms with van der Waals surface area (Å²) >= 11 is 2.11. The SMILES string of the molecule is C/C=C(\C)C(=O)C(C)C(O)C(C)C(=O)O[C@H]1C=COC=C2C[C@@]3(SC)C(=O)N4c5c(O)cccc5[C@@H](O)[C@@]4(SC)C(=O)N3[C@@H]21. The maximum atomic E-state index is 14.8. The lowest BCUT2D eigenvalue weighted by Gasteiger charge is -2.53. The lowest BCUT2D eigenvalue weighted by atomic mass is 9.87. The number of fused-ring (bicyclic) bond motifs is 6. The minimum atomic E-state index is -1.83. The van der Waals surface area contributed by atoms with Gasteiger partial charge in [-0.3, -0.25) is 24.1 Å². The van der Waals surface area contributed by atoms with Crippen molar-refractivity contribution in [3.05, 3.63) is 59.6 Å². The molecule has 2 saturated heterocycles. The fourth-order valence-electron chi connectivity index (χ4n) is 6.60. The zero-order chi connectivity index (χ0) is 32.3. The summed E-state index contributed by atoms with van der Waals surface area (Å²) in [4.78, 5) is 54.8. The number of anilines is 1. The number of amides is 2. The maximum absolute atomic E-state index is 14.8. The number of hydrogen-bond acceptors (Lipinski definition) is 11. The van der Waals surface area contributed by atoms with Gasteiger partial charge in [0.15, 0.2) is 10.7 Å². The average Bonchev–Trinajstić information content (AvgIpc) is 3.43. The number of aliphatic hydroxyl groups excluding tert-OH is 2. The van der Waals surface area contributed by atoms with Crippen LogP contribution in [0.4, 0.5) is 5.69 Å². The molecule has 1 aromatic rings. The number of phenolic OH excluding ortho intramolecular Hbond substituents is 1. The Hall–Kier alpha value is -3.26. The monoisotopic (exact) mass is 644 g/mol. The van der Waals surface area contributed by atoms with Gasteiger partial charge in [-0.1, -0.05) is 25.1 Å². The largest absolute Gasteiger partial charge is 0.506 e. The molecule has 0 bridgehead atoms. The van der Waals surface area contributed by atoms with Crippen molar-refractivity contribution in [3.8, 4) is 5.75 Å². The highest BCUT2D eigenvalue weighted by Crippen LogP contribution is 2.62. The molecule has 44 heavy (non-hydrogen) atoms. The van der Waals surface area contributed by atoms with E-state index < -0.39 is 63.7 Å². The fourth-order valence-corrected chi connectivity index (χ4v) is 8.55. The normalized spacial score (nSPS) is 31.1. The number of esters is 1. The van der Waals surface area contributed by atoms with Crippen LogP contribution < -0.4 is 4.90 Å². The van der Waals surface area contributed by atoms with Crippen molar-refractivity contribution in [3.63, 3.8) is 0 Å². The first-order valence-corrected chi connectivity index (χ1v) is 16.6. The molecule has 0 aliphatic carbocycles. The number of carbonyl (C=O) groups excluding carboxylic acids is 4. The molecule has 8 atom stereocenters. The molecule has 2 amide bonds. The topological polar surface area (TPSA) is 154 Å². The van der Waals surface area contributed by atoms with E-state index in [1.165, 1.54) is 47.5 Å². The summed E-state index contributed by atoms with van der Waals surface area (Å²) < 4.78 is 11.5. The first-order valence-electron chi connectivity index (χ1n) is 14.2. The summed E-state index contributed by atoms with van der Waals surface area (Å²) in [6.07, 6.45) is 5.24. The predicted octanol–water partition coefficient (Wildman–Crippen LogP) is 3.01. The van der Waals surface area contributed by atoms with Crippen LogP contribution in [0.25, 0.3) is 0 Å². The second-order valence-electron chi connectivity index (χ2n) is 11.4. The standard InChI is InChI=1S/C31H36N2O9S2/c1-7-15(2)24(35)16(3)25(36)17(4)27(38)42-21-11-12-41-14-18-13-30(43-5)28(39)33-23-19(9-8-10-20(23)34)26(37)31(33,44-6)29(40)32(30)22(18)21/h7-12,14,16-17,21-22,25-26,34,36-37H,13H2,1-6H3/b15-7+/t16?,17?,21-,22-,25?,26+,30+,31+/m0/s1. The van der Waals surface area contributed by atoms with Crippen molar-refractivity contribution in [2.45, 2.75) is 68.2 Å². The van der Waals surface area contributed by atoms with Gasteiger partial charge >= 0.3 is 5.97 Å². The maximum Gasteiger partial charge on any atom is 0.311 e. The van der Waals surface area contributed by atoms with Gasteiger partial charge in [-0.05, 0) is 56.6 Å². The molecule has 5 rings (SSSR count). The van der Waals surface area contributed by atoms with Gasteiger partial charge in [-0.15, -0.1) is 23.5 Å². The molecule has 3 unspecified atom stereocenters. The van der Waals surface area contributed by atoms with Gasteiger partial charge in [0.25, 0.3) is 11.8 Å². The van der Waals surface area contributed by atoms with Crippen LogP contribution in [0.1, 0.15) is 45.8 Å². The quantitative estimate of drug-likeness (QED) is 0.283. The zero-order valence-electron chi connectivity index (χ0n) is 25.2. The average molecular weight is 645 g/mol. The van der Waals surface area contributed by atoms with Crippen LogP contribution in [-0.2, 0) is 28.7 Å². The molecule has 4 aliphatic heterocycles. The number of ether oxygens (including phenoxy) is 2. The van der Waals surface area contributed by atoms with Crippen molar-refractivity contribution >= 4 is 52.8 Å². The molecule has 0 spiro atoms. The van der Waals surface area contributed by atoms with E-state index in [1.54, 1.807) is 45.4 Å². The molecule has 13 heteroatoms. The minimum Gasteiger partial charge on any atom is -0.506 e. The van der Waals surface area contributed by atoms with Crippen LogP contribution in [-0.4, -0.2) is 84.3 Å². The Balaban J connectivity index is 1.53. The number of allylic oxidation sites excluding steroid dienone is 2. The fraction of sp³-hybridized carbons (Fsp3) is 0.484. The molecule has 0 radical (unpaired) electrons. The Morgan fingerprint density at radius 2 is 1.86 bits per heavy atom. The summed E-state index contributed by atoms with van der Waals surface area (Å²) in [6, 6.07) is 3.53. The highest BCUT2D eigenvalue weighted by Gasteiger charge is 2.74. The van der Waals surface area contributed by atoms with E-state index in [-0.39, 0.29) is 29.2 Å². The summed E-state index contributed by atoms with van der Waals surface area (Å²) in [5, 5.41) is 33.3. The van der Waals surface area contributed by atoms with Gasteiger partial charge in [0.2, 0.25) is 4.87 Å².